The molecule has 0 radical (unpaired) electrons. The van der Waals surface area contributed by atoms with Crippen LogP contribution in [0.1, 0.15) is 5.56 Å². The maximum absolute atomic E-state index is 11.8. The molecule has 0 unspecified atom stereocenters. The molecule has 3 N–H and O–H groups in total. The Balaban J connectivity index is 2.11. The predicted molar refractivity (Wildman–Crippen MR) is 74.3 cm³/mol. The van der Waals surface area contributed by atoms with Crippen LogP contribution in [-0.2, 0) is 6.61 Å². The Morgan fingerprint density at radius 1 is 1.21 bits per heavy atom. The number of hydrogen-bond donors (Lipinski definition) is 3. The molecule has 6 heteroatoms. The summed E-state index contributed by atoms with van der Waals surface area (Å²) in [5.41, 5.74) is 1.57. The highest BCUT2D eigenvalue weighted by Gasteiger charge is 2.10. The number of carbonyl (C=O) groups excluding carboxylic acids is 1. The quantitative estimate of drug-likeness (QED) is 0.807. The zero-order chi connectivity index (χ0) is 13.7. The molecular weight excluding hydrogens is 266 g/mol. The van der Waals surface area contributed by atoms with Crippen molar-refractivity contribution in [2.75, 3.05) is 10.6 Å². The van der Waals surface area contributed by atoms with Crippen LogP contribution in [0.3, 0.4) is 0 Å². The van der Waals surface area contributed by atoms with E-state index in [0.717, 1.165) is 0 Å². The lowest BCUT2D eigenvalue weighted by atomic mass is 10.2. The highest BCUT2D eigenvalue weighted by molar-refractivity contribution is 6.34. The Kier molecular flexibility index (Phi) is 4.33. The fourth-order valence-electron chi connectivity index (χ4n) is 1.55. The second-order valence-corrected chi connectivity index (χ2v) is 4.15. The molecule has 0 aliphatic heterocycles. The zero-order valence-electron chi connectivity index (χ0n) is 9.93. The number of amides is 2. The predicted octanol–water partition coefficient (Wildman–Crippen LogP) is 2.87. The molecule has 2 aromatic rings. The highest BCUT2D eigenvalue weighted by atomic mass is 35.5. The molecule has 0 fully saturated rings. The van der Waals surface area contributed by atoms with Gasteiger partial charge < -0.3 is 15.7 Å². The molecule has 1 heterocycles. The number of pyridine rings is 1. The topological polar surface area (TPSA) is 74.2 Å². The Hall–Kier alpha value is -2.11. The van der Waals surface area contributed by atoms with Crippen molar-refractivity contribution in [3.63, 3.8) is 0 Å². The van der Waals surface area contributed by atoms with E-state index >= 15 is 0 Å². The first-order chi connectivity index (χ1) is 9.20. The summed E-state index contributed by atoms with van der Waals surface area (Å²) in [6.45, 7) is -0.203. The largest absolute Gasteiger partial charge is 0.392 e. The zero-order valence-corrected chi connectivity index (χ0v) is 10.7. The summed E-state index contributed by atoms with van der Waals surface area (Å²) in [7, 11) is 0. The van der Waals surface area contributed by atoms with Gasteiger partial charge in [-0.15, -0.1) is 0 Å². The number of para-hydroxylation sites is 1. The van der Waals surface area contributed by atoms with Crippen LogP contribution in [0.25, 0.3) is 0 Å². The third kappa shape index (κ3) is 3.43. The van der Waals surface area contributed by atoms with Crippen LogP contribution in [0.4, 0.5) is 16.2 Å². The van der Waals surface area contributed by atoms with Gasteiger partial charge in [-0.3, -0.25) is 4.98 Å². The van der Waals surface area contributed by atoms with E-state index in [-0.39, 0.29) is 6.61 Å². The Morgan fingerprint density at radius 3 is 2.63 bits per heavy atom. The minimum Gasteiger partial charge on any atom is -0.392 e. The van der Waals surface area contributed by atoms with E-state index in [0.29, 0.717) is 22.0 Å². The number of carbonyl (C=O) groups is 1. The highest BCUT2D eigenvalue weighted by Crippen LogP contribution is 2.26. The number of aliphatic hydroxyl groups excluding tert-OH is 1. The molecule has 1 aromatic heterocycles. The number of nitrogens with one attached hydrogen (secondary N) is 2. The Labute approximate surface area is 115 Å². The smallest absolute Gasteiger partial charge is 0.323 e. The lowest BCUT2D eigenvalue weighted by molar-refractivity contribution is 0.262. The molecule has 2 amide bonds. The summed E-state index contributed by atoms with van der Waals surface area (Å²) in [5, 5.41) is 14.8. The molecule has 0 atom stereocenters. The van der Waals surface area contributed by atoms with Crippen molar-refractivity contribution >= 4 is 29.0 Å². The summed E-state index contributed by atoms with van der Waals surface area (Å²) in [6, 6.07) is 7.93. The lowest BCUT2D eigenvalue weighted by Crippen LogP contribution is -2.20. The van der Waals surface area contributed by atoms with Gasteiger partial charge in [0.25, 0.3) is 0 Å². The van der Waals surface area contributed by atoms with Crippen molar-refractivity contribution < 1.29 is 9.90 Å². The van der Waals surface area contributed by atoms with E-state index in [1.807, 2.05) is 0 Å². The van der Waals surface area contributed by atoms with Crippen LogP contribution in [0.15, 0.2) is 42.7 Å². The van der Waals surface area contributed by atoms with E-state index < -0.39 is 6.03 Å². The molecule has 2 rings (SSSR count). The first kappa shape index (κ1) is 13.3. The fraction of sp³-hybridized carbons (Fsp3) is 0.0769. The number of halogens is 1. The van der Waals surface area contributed by atoms with Crippen molar-refractivity contribution in [2.24, 2.45) is 0 Å². The lowest BCUT2D eigenvalue weighted by Gasteiger charge is -2.12. The van der Waals surface area contributed by atoms with Crippen LogP contribution in [0.2, 0.25) is 5.02 Å². The molecule has 0 saturated heterocycles. The monoisotopic (exact) mass is 277 g/mol. The Morgan fingerprint density at radius 2 is 1.95 bits per heavy atom. The van der Waals surface area contributed by atoms with Crippen molar-refractivity contribution in [3.8, 4) is 0 Å². The maximum Gasteiger partial charge on any atom is 0.323 e. The number of aromatic nitrogens is 1. The summed E-state index contributed by atoms with van der Waals surface area (Å²) >= 11 is 5.99. The van der Waals surface area contributed by atoms with Crippen molar-refractivity contribution in [1.82, 2.24) is 4.98 Å². The van der Waals surface area contributed by atoms with Crippen LogP contribution in [0, 0.1) is 0 Å². The molecule has 5 nitrogen and oxygen atoms in total. The number of urea groups is 1. The number of rotatable bonds is 3. The van der Waals surface area contributed by atoms with Crippen LogP contribution in [-0.4, -0.2) is 16.1 Å². The van der Waals surface area contributed by atoms with Crippen LogP contribution < -0.4 is 10.6 Å². The molecule has 98 valence electrons. The molecule has 1 aromatic carbocycles. The Bertz CT molecular complexity index is 575. The van der Waals surface area contributed by atoms with E-state index in [4.69, 9.17) is 11.6 Å². The van der Waals surface area contributed by atoms with Crippen molar-refractivity contribution in [2.45, 2.75) is 6.61 Å². The van der Waals surface area contributed by atoms with Gasteiger partial charge in [0, 0.05) is 23.6 Å². The van der Waals surface area contributed by atoms with Gasteiger partial charge in [0.15, 0.2) is 0 Å². The minimum absolute atomic E-state index is 0.203. The fourth-order valence-corrected chi connectivity index (χ4v) is 1.79. The summed E-state index contributed by atoms with van der Waals surface area (Å²) < 4.78 is 0. The standard InChI is InChI=1S/C13H12ClN3O2/c14-11-3-1-2-9(8-18)12(11)17-13(19)16-10-4-6-15-7-5-10/h1-7,18H,8H2,(H2,15,16,17,19). The number of hydrogen-bond acceptors (Lipinski definition) is 3. The van der Waals surface area contributed by atoms with E-state index in [9.17, 15) is 9.90 Å². The molecule has 0 saturated carbocycles. The molecule has 19 heavy (non-hydrogen) atoms. The number of aliphatic hydroxyl groups is 1. The van der Waals surface area contributed by atoms with Gasteiger partial charge in [-0.05, 0) is 18.2 Å². The molecular formula is C13H12ClN3O2. The second-order valence-electron chi connectivity index (χ2n) is 3.75. The maximum atomic E-state index is 11.8. The summed E-state index contributed by atoms with van der Waals surface area (Å²) in [5.74, 6) is 0. The number of benzene rings is 1. The third-order valence-corrected chi connectivity index (χ3v) is 2.76. The van der Waals surface area contributed by atoms with Gasteiger partial charge in [-0.1, -0.05) is 23.7 Å². The van der Waals surface area contributed by atoms with Gasteiger partial charge >= 0.3 is 6.03 Å². The molecule has 0 aliphatic rings. The number of anilines is 2. The third-order valence-electron chi connectivity index (χ3n) is 2.45. The van der Waals surface area contributed by atoms with Crippen molar-refractivity contribution in [1.29, 1.82) is 0 Å². The molecule has 0 spiro atoms. The van der Waals surface area contributed by atoms with Crippen LogP contribution in [0.5, 0.6) is 0 Å². The first-order valence-electron chi connectivity index (χ1n) is 5.57. The average molecular weight is 278 g/mol. The van der Waals surface area contributed by atoms with Crippen LogP contribution >= 0.6 is 11.6 Å². The normalized spacial score (nSPS) is 10.0. The summed E-state index contributed by atoms with van der Waals surface area (Å²) in [6.07, 6.45) is 3.15. The van der Waals surface area contributed by atoms with E-state index in [2.05, 4.69) is 15.6 Å². The van der Waals surface area contributed by atoms with E-state index in [1.165, 1.54) is 0 Å². The van der Waals surface area contributed by atoms with Gasteiger partial charge in [0.1, 0.15) is 0 Å². The van der Waals surface area contributed by atoms with Gasteiger partial charge in [-0.25, -0.2) is 4.79 Å². The molecule has 0 bridgehead atoms. The minimum atomic E-state index is -0.436. The first-order valence-corrected chi connectivity index (χ1v) is 5.95. The van der Waals surface area contributed by atoms with E-state index in [1.54, 1.807) is 42.7 Å². The second kappa shape index (κ2) is 6.17. The van der Waals surface area contributed by atoms with Gasteiger partial charge in [0.05, 0.1) is 17.3 Å². The van der Waals surface area contributed by atoms with Gasteiger partial charge in [0.2, 0.25) is 0 Å². The van der Waals surface area contributed by atoms with Gasteiger partial charge in [-0.2, -0.15) is 0 Å². The summed E-state index contributed by atoms with van der Waals surface area (Å²) in [4.78, 5) is 15.7. The average Bonchev–Trinajstić information content (AvgIpc) is 2.42. The number of nitrogens with zero attached hydrogens (tertiary/aromatic N) is 1. The molecule has 0 aliphatic carbocycles. The SMILES string of the molecule is O=C(Nc1ccncc1)Nc1c(Cl)cccc1CO. The van der Waals surface area contributed by atoms with Crippen molar-refractivity contribution in [3.05, 3.63) is 53.3 Å².